The molecule has 5 heteroatoms. The van der Waals surface area contributed by atoms with Crippen LogP contribution < -0.4 is 5.32 Å². The quantitative estimate of drug-likeness (QED) is 0.691. The fourth-order valence-electron chi connectivity index (χ4n) is 2.33. The molecule has 4 nitrogen and oxygen atoms in total. The predicted molar refractivity (Wildman–Crippen MR) is 101 cm³/mol. The third kappa shape index (κ3) is 4.52. The molecule has 0 unspecified atom stereocenters. The van der Waals surface area contributed by atoms with Crippen molar-refractivity contribution in [2.24, 2.45) is 0 Å². The number of hydrogen-bond acceptors (Lipinski definition) is 3. The molecule has 0 spiro atoms. The Hall–Kier alpha value is -2.98. The number of benzene rings is 2. The number of amides is 1. The van der Waals surface area contributed by atoms with E-state index in [-0.39, 0.29) is 5.91 Å². The van der Waals surface area contributed by atoms with Crippen LogP contribution in [0.2, 0.25) is 5.02 Å². The van der Waals surface area contributed by atoms with Gasteiger partial charge in [-0.05, 0) is 42.8 Å². The maximum atomic E-state index is 12.1. The first kappa shape index (κ1) is 16.9. The molecule has 1 N–H and O–H groups in total. The summed E-state index contributed by atoms with van der Waals surface area (Å²) < 4.78 is 0. The summed E-state index contributed by atoms with van der Waals surface area (Å²) in [7, 11) is 0. The van der Waals surface area contributed by atoms with E-state index < -0.39 is 0 Å². The maximum Gasteiger partial charge on any atom is 0.248 e. The molecule has 0 radical (unpaired) electrons. The molecule has 0 aliphatic heterocycles. The Balaban J connectivity index is 1.74. The van der Waals surface area contributed by atoms with Gasteiger partial charge in [-0.3, -0.25) is 4.79 Å². The van der Waals surface area contributed by atoms with Crippen molar-refractivity contribution in [3.63, 3.8) is 0 Å². The van der Waals surface area contributed by atoms with Crippen LogP contribution >= 0.6 is 11.6 Å². The van der Waals surface area contributed by atoms with Crippen LogP contribution in [-0.4, -0.2) is 15.9 Å². The summed E-state index contributed by atoms with van der Waals surface area (Å²) in [4.78, 5) is 20.6. The van der Waals surface area contributed by atoms with E-state index in [2.05, 4.69) is 15.3 Å². The van der Waals surface area contributed by atoms with E-state index in [1.807, 2.05) is 55.5 Å². The lowest BCUT2D eigenvalue weighted by Gasteiger charge is -2.06. The lowest BCUT2D eigenvalue weighted by molar-refractivity contribution is -0.111. The number of carbonyl (C=O) groups excluding carboxylic acids is 1. The Kier molecular flexibility index (Phi) is 5.21. The Morgan fingerprint density at radius 3 is 2.76 bits per heavy atom. The van der Waals surface area contributed by atoms with Crippen molar-refractivity contribution in [3.05, 3.63) is 83.3 Å². The number of halogens is 1. The normalized spacial score (nSPS) is 10.8. The number of nitrogens with zero attached hydrogens (tertiary/aromatic N) is 2. The Bertz CT molecular complexity index is 937. The van der Waals surface area contributed by atoms with E-state index in [1.54, 1.807) is 18.3 Å². The monoisotopic (exact) mass is 349 g/mol. The Morgan fingerprint density at radius 1 is 1.12 bits per heavy atom. The average molecular weight is 350 g/mol. The summed E-state index contributed by atoms with van der Waals surface area (Å²) in [6.45, 7) is 1.84. The van der Waals surface area contributed by atoms with E-state index in [0.717, 1.165) is 16.8 Å². The molecular weight excluding hydrogens is 334 g/mol. The molecule has 3 rings (SSSR count). The molecule has 1 amide bonds. The van der Waals surface area contributed by atoms with Gasteiger partial charge < -0.3 is 5.32 Å². The van der Waals surface area contributed by atoms with Crippen LogP contribution in [0.25, 0.3) is 17.3 Å². The summed E-state index contributed by atoms with van der Waals surface area (Å²) in [5.74, 6) is 0.477. The summed E-state index contributed by atoms with van der Waals surface area (Å²) in [5, 5.41) is 3.45. The van der Waals surface area contributed by atoms with Gasteiger partial charge in [0.25, 0.3) is 0 Å². The van der Waals surface area contributed by atoms with Gasteiger partial charge in [0.1, 0.15) is 5.82 Å². The molecule has 0 aliphatic carbocycles. The van der Waals surface area contributed by atoms with Gasteiger partial charge in [0.15, 0.2) is 0 Å². The molecule has 1 heterocycles. The molecule has 1 aromatic heterocycles. The number of hydrogen-bond donors (Lipinski definition) is 1. The zero-order chi connectivity index (χ0) is 17.6. The standard InChI is InChI=1S/C20H16ClN3O/c1-14-22-12-11-19(23-14)16-6-4-7-17(13-16)24-20(25)10-9-15-5-2-3-8-18(15)21/h2-13H,1H3,(H,24,25)/b10-9+. The van der Waals surface area contributed by atoms with Gasteiger partial charge >= 0.3 is 0 Å². The minimum atomic E-state index is -0.226. The average Bonchev–Trinajstić information content (AvgIpc) is 2.61. The minimum Gasteiger partial charge on any atom is -0.322 e. The lowest BCUT2D eigenvalue weighted by atomic mass is 10.1. The van der Waals surface area contributed by atoms with Crippen LogP contribution in [0.1, 0.15) is 11.4 Å². The van der Waals surface area contributed by atoms with Crippen LogP contribution in [0.15, 0.2) is 66.9 Å². The van der Waals surface area contributed by atoms with Gasteiger partial charge in [-0.1, -0.05) is 41.9 Å². The smallest absolute Gasteiger partial charge is 0.248 e. The van der Waals surface area contributed by atoms with Gasteiger partial charge in [0.05, 0.1) is 5.69 Å². The summed E-state index contributed by atoms with van der Waals surface area (Å²) in [6.07, 6.45) is 4.87. The third-order valence-corrected chi connectivity index (χ3v) is 3.87. The molecule has 0 aliphatic rings. The van der Waals surface area contributed by atoms with Crippen molar-refractivity contribution in [1.82, 2.24) is 9.97 Å². The highest BCUT2D eigenvalue weighted by Gasteiger charge is 2.04. The van der Waals surface area contributed by atoms with E-state index in [0.29, 0.717) is 16.5 Å². The molecule has 3 aromatic rings. The maximum absolute atomic E-state index is 12.1. The van der Waals surface area contributed by atoms with Crippen LogP contribution in [-0.2, 0) is 4.79 Å². The van der Waals surface area contributed by atoms with E-state index >= 15 is 0 Å². The second-order valence-corrected chi connectivity index (χ2v) is 5.82. The van der Waals surface area contributed by atoms with Gasteiger partial charge in [0.2, 0.25) is 5.91 Å². The van der Waals surface area contributed by atoms with Crippen molar-refractivity contribution >= 4 is 29.3 Å². The molecule has 0 fully saturated rings. The Morgan fingerprint density at radius 2 is 1.96 bits per heavy atom. The highest BCUT2D eigenvalue weighted by Crippen LogP contribution is 2.21. The molecule has 0 saturated carbocycles. The zero-order valence-corrected chi connectivity index (χ0v) is 14.4. The van der Waals surface area contributed by atoms with Crippen molar-refractivity contribution < 1.29 is 4.79 Å². The first-order valence-corrected chi connectivity index (χ1v) is 8.13. The fourth-order valence-corrected chi connectivity index (χ4v) is 2.53. The molecule has 2 aromatic carbocycles. The highest BCUT2D eigenvalue weighted by molar-refractivity contribution is 6.32. The zero-order valence-electron chi connectivity index (χ0n) is 13.6. The van der Waals surface area contributed by atoms with Crippen molar-refractivity contribution in [2.45, 2.75) is 6.92 Å². The van der Waals surface area contributed by atoms with Gasteiger partial charge in [-0.15, -0.1) is 0 Å². The number of nitrogens with one attached hydrogen (secondary N) is 1. The van der Waals surface area contributed by atoms with Crippen molar-refractivity contribution in [1.29, 1.82) is 0 Å². The molecule has 0 atom stereocenters. The number of anilines is 1. The Labute approximate surface area is 151 Å². The predicted octanol–water partition coefficient (Wildman–Crippen LogP) is 4.76. The number of carbonyl (C=O) groups is 1. The molecular formula is C20H16ClN3O. The molecule has 0 saturated heterocycles. The van der Waals surface area contributed by atoms with Crippen LogP contribution in [0.4, 0.5) is 5.69 Å². The summed E-state index contributed by atoms with van der Waals surface area (Å²) in [5.41, 5.74) is 3.22. The van der Waals surface area contributed by atoms with Gasteiger partial charge in [-0.2, -0.15) is 0 Å². The summed E-state index contributed by atoms with van der Waals surface area (Å²) >= 11 is 6.07. The molecule has 124 valence electrons. The van der Waals surface area contributed by atoms with Crippen LogP contribution in [0, 0.1) is 6.92 Å². The van der Waals surface area contributed by atoms with E-state index in [4.69, 9.17) is 11.6 Å². The van der Waals surface area contributed by atoms with E-state index in [1.165, 1.54) is 6.08 Å². The first-order valence-electron chi connectivity index (χ1n) is 7.75. The SMILES string of the molecule is Cc1nccc(-c2cccc(NC(=O)/C=C/c3ccccc3Cl)c2)n1. The number of aromatic nitrogens is 2. The van der Waals surface area contributed by atoms with Crippen molar-refractivity contribution in [3.8, 4) is 11.3 Å². The number of aryl methyl sites for hydroxylation is 1. The van der Waals surface area contributed by atoms with Crippen LogP contribution in [0.3, 0.4) is 0 Å². The van der Waals surface area contributed by atoms with Crippen molar-refractivity contribution in [2.75, 3.05) is 5.32 Å². The second-order valence-electron chi connectivity index (χ2n) is 5.41. The summed E-state index contributed by atoms with van der Waals surface area (Å²) in [6, 6.07) is 16.7. The second kappa shape index (κ2) is 7.73. The number of rotatable bonds is 4. The minimum absolute atomic E-state index is 0.226. The fraction of sp³-hybridized carbons (Fsp3) is 0.0500. The van der Waals surface area contributed by atoms with Gasteiger partial charge in [-0.25, -0.2) is 9.97 Å². The third-order valence-electron chi connectivity index (χ3n) is 3.52. The highest BCUT2D eigenvalue weighted by atomic mass is 35.5. The van der Waals surface area contributed by atoms with Crippen LogP contribution in [0.5, 0.6) is 0 Å². The largest absolute Gasteiger partial charge is 0.322 e. The molecule has 25 heavy (non-hydrogen) atoms. The molecule has 0 bridgehead atoms. The van der Waals surface area contributed by atoms with Gasteiger partial charge in [0, 0.05) is 28.5 Å². The van der Waals surface area contributed by atoms with E-state index in [9.17, 15) is 4.79 Å². The lowest BCUT2D eigenvalue weighted by Crippen LogP contribution is -2.07. The topological polar surface area (TPSA) is 54.9 Å². The first-order chi connectivity index (χ1) is 12.1.